The third-order valence-corrected chi connectivity index (χ3v) is 11.1. The Morgan fingerprint density at radius 1 is 0.712 bits per heavy atom. The maximum absolute atomic E-state index is 6.72. The summed E-state index contributed by atoms with van der Waals surface area (Å²) in [5, 5.41) is 4.84. The Bertz CT molecular complexity index is 2660. The number of rotatable bonds is 4. The van der Waals surface area contributed by atoms with E-state index in [1.165, 1.54) is 31.4 Å². The number of ether oxygens (including phenoxy) is 1. The second kappa shape index (κ2) is 12.5. The number of aromatic nitrogens is 2. The van der Waals surface area contributed by atoms with Gasteiger partial charge in [0.25, 0.3) is 0 Å². The van der Waals surface area contributed by atoms with Crippen LogP contribution in [0.2, 0.25) is 0 Å². The van der Waals surface area contributed by atoms with E-state index in [2.05, 4.69) is 173 Å². The van der Waals surface area contributed by atoms with Crippen LogP contribution < -0.4 is 14.5 Å². The van der Waals surface area contributed by atoms with Crippen molar-refractivity contribution in [3.05, 3.63) is 133 Å². The van der Waals surface area contributed by atoms with Crippen LogP contribution in [-0.2, 0) is 31.9 Å². The van der Waals surface area contributed by atoms with E-state index in [-0.39, 0.29) is 31.9 Å². The Balaban J connectivity index is 0.00000387. The molecule has 3 aromatic heterocycles. The zero-order chi connectivity index (χ0) is 35.2. The quantitative estimate of drug-likeness (QED) is 0.165. The molecule has 1 aliphatic rings. The summed E-state index contributed by atoms with van der Waals surface area (Å²) in [6, 6.07) is 41.7. The number of pyridine rings is 1. The molecule has 7 heteroatoms. The van der Waals surface area contributed by atoms with Gasteiger partial charge in [-0.1, -0.05) is 83.5 Å². The maximum atomic E-state index is 6.72. The van der Waals surface area contributed by atoms with Gasteiger partial charge in [0, 0.05) is 75.8 Å². The van der Waals surface area contributed by atoms with Gasteiger partial charge in [-0.2, -0.15) is 12.7 Å². The Hall–Kier alpha value is -4.64. The summed E-state index contributed by atoms with van der Waals surface area (Å²) in [6.45, 7) is 15.6. The number of benzene rings is 5. The first-order valence-corrected chi connectivity index (χ1v) is 18.3. The van der Waals surface area contributed by atoms with Crippen molar-refractivity contribution >= 4 is 70.4 Å². The molecular formula is C45H39N4OPtS-3. The second-order valence-electron chi connectivity index (χ2n) is 15.6. The Kier molecular flexibility index (Phi) is 8.28. The van der Waals surface area contributed by atoms with Crippen LogP contribution in [0.4, 0.5) is 17.1 Å². The minimum atomic E-state index is -0.117. The molecule has 0 saturated heterocycles. The molecule has 8 aromatic rings. The fraction of sp³-hybridized carbons (Fsp3) is 0.200. The average molecular weight is 879 g/mol. The van der Waals surface area contributed by atoms with Crippen LogP contribution in [-0.4, -0.2) is 16.6 Å². The zero-order valence-corrected chi connectivity index (χ0v) is 33.4. The third-order valence-electron chi connectivity index (χ3n) is 9.97. The van der Waals surface area contributed by atoms with Gasteiger partial charge in [0.1, 0.15) is 5.82 Å². The number of thiophene rings is 1. The van der Waals surface area contributed by atoms with Gasteiger partial charge in [-0.15, -0.1) is 58.3 Å². The number of nitrogens with zero attached hydrogens (tertiary/aromatic N) is 4. The minimum Gasteiger partial charge on any atom is -0.509 e. The van der Waals surface area contributed by atoms with Gasteiger partial charge in [0.05, 0.1) is 0 Å². The summed E-state index contributed by atoms with van der Waals surface area (Å²) in [6.07, 6.45) is 1.90. The molecule has 1 aliphatic heterocycles. The van der Waals surface area contributed by atoms with Gasteiger partial charge in [-0.25, -0.2) is 4.98 Å². The summed E-state index contributed by atoms with van der Waals surface area (Å²) >= 11 is 1.84. The number of hydrogen-bond donors (Lipinski definition) is 0. The molecule has 5 aromatic carbocycles. The molecule has 0 aliphatic carbocycles. The molecule has 4 heterocycles. The van der Waals surface area contributed by atoms with Crippen molar-refractivity contribution in [2.24, 2.45) is 0 Å². The summed E-state index contributed by atoms with van der Waals surface area (Å²) in [5.74, 6) is 2.14. The molecule has 0 saturated carbocycles. The van der Waals surface area contributed by atoms with Crippen molar-refractivity contribution in [2.45, 2.75) is 52.4 Å². The topological polar surface area (TPSA) is 33.5 Å². The Morgan fingerprint density at radius 2 is 1.46 bits per heavy atom. The van der Waals surface area contributed by atoms with Crippen molar-refractivity contribution < 1.29 is 25.8 Å². The fourth-order valence-corrected chi connectivity index (χ4v) is 8.38. The van der Waals surface area contributed by atoms with Gasteiger partial charge in [0.2, 0.25) is 0 Å². The minimum absolute atomic E-state index is 0. The van der Waals surface area contributed by atoms with Crippen molar-refractivity contribution in [3.8, 4) is 17.3 Å². The summed E-state index contributed by atoms with van der Waals surface area (Å²) in [7, 11) is 2.13. The molecule has 264 valence electrons. The molecule has 0 spiro atoms. The van der Waals surface area contributed by atoms with E-state index in [9.17, 15) is 0 Å². The van der Waals surface area contributed by atoms with Crippen LogP contribution in [0.3, 0.4) is 0 Å². The number of fused-ring (bicyclic) bond motifs is 8. The summed E-state index contributed by atoms with van der Waals surface area (Å²) < 4.78 is 11.5. The predicted octanol–water partition coefficient (Wildman–Crippen LogP) is 12.2. The first-order valence-electron chi connectivity index (χ1n) is 17.4. The zero-order valence-electron chi connectivity index (χ0n) is 30.3. The SMILES string of the molecule is CN1[CH-]N(c2[c-]c(Oc3[c-]c4c(cc3)c3ccccc3n4-c3cc(C(C)(C)C)ccn3)cc(C(C)(C)C)c2)c2ccc3sc4ccccc4c3c21.[Pt]. The molecule has 52 heavy (non-hydrogen) atoms. The molecule has 0 radical (unpaired) electrons. The van der Waals surface area contributed by atoms with E-state index in [0.717, 1.165) is 44.6 Å². The molecule has 0 fully saturated rings. The molecule has 0 bridgehead atoms. The van der Waals surface area contributed by atoms with Crippen LogP contribution in [0.1, 0.15) is 52.7 Å². The van der Waals surface area contributed by atoms with Crippen LogP contribution in [0.15, 0.2) is 103 Å². The molecule has 9 rings (SSSR count). The van der Waals surface area contributed by atoms with E-state index in [1.807, 2.05) is 23.6 Å². The summed E-state index contributed by atoms with van der Waals surface area (Å²) in [5.41, 5.74) is 7.54. The van der Waals surface area contributed by atoms with Crippen LogP contribution >= 0.6 is 11.3 Å². The first-order chi connectivity index (χ1) is 24.4. The van der Waals surface area contributed by atoms with E-state index in [1.54, 1.807) is 0 Å². The molecule has 0 atom stereocenters. The normalized spacial score (nSPS) is 13.4. The second-order valence-corrected chi connectivity index (χ2v) is 16.6. The van der Waals surface area contributed by atoms with Gasteiger partial charge in [-0.3, -0.25) is 0 Å². The molecular weight excluding hydrogens is 840 g/mol. The van der Waals surface area contributed by atoms with Crippen LogP contribution in [0, 0.1) is 18.8 Å². The number of para-hydroxylation sites is 1. The van der Waals surface area contributed by atoms with Crippen molar-refractivity contribution in [1.29, 1.82) is 0 Å². The first kappa shape index (κ1) is 34.4. The number of hydrogen-bond acceptors (Lipinski definition) is 5. The van der Waals surface area contributed by atoms with Crippen molar-refractivity contribution in [2.75, 3.05) is 16.8 Å². The standard InChI is InChI=1S/C45H39N4OS.Pt/c1-44(2,3)28-20-21-46-41(24-28)49-36-14-10-8-12-33(36)34-17-16-31(26-38(34)49)50-32-23-29(45(4,5)6)22-30(25-32)48-27-47(7)43-37(48)18-19-40-42(43)35-13-9-11-15-39(35)51-40;/h8-24,27H,1-7H3;/q-3;. The van der Waals surface area contributed by atoms with Gasteiger partial charge in [-0.05, 0) is 65.2 Å². The molecule has 0 unspecified atom stereocenters. The summed E-state index contributed by atoms with van der Waals surface area (Å²) in [4.78, 5) is 9.32. The fourth-order valence-electron chi connectivity index (χ4n) is 7.27. The Labute approximate surface area is 323 Å². The monoisotopic (exact) mass is 878 g/mol. The third kappa shape index (κ3) is 5.68. The number of anilines is 3. The van der Waals surface area contributed by atoms with Crippen molar-refractivity contribution in [1.82, 2.24) is 9.55 Å². The van der Waals surface area contributed by atoms with E-state index in [0.29, 0.717) is 11.5 Å². The van der Waals surface area contributed by atoms with Crippen LogP contribution in [0.5, 0.6) is 11.5 Å². The van der Waals surface area contributed by atoms with E-state index in [4.69, 9.17) is 9.72 Å². The smallest absolute Gasteiger partial charge is 0.135 e. The van der Waals surface area contributed by atoms with Crippen LogP contribution in [0.25, 0.3) is 47.8 Å². The predicted molar refractivity (Wildman–Crippen MR) is 214 cm³/mol. The van der Waals surface area contributed by atoms with Gasteiger partial charge in [0.15, 0.2) is 0 Å². The molecule has 5 nitrogen and oxygen atoms in total. The van der Waals surface area contributed by atoms with E-state index < -0.39 is 0 Å². The molecule has 0 N–H and O–H groups in total. The largest absolute Gasteiger partial charge is 0.509 e. The van der Waals surface area contributed by atoms with Crippen molar-refractivity contribution in [3.63, 3.8) is 0 Å². The maximum Gasteiger partial charge on any atom is 0.135 e. The average Bonchev–Trinajstić information content (AvgIpc) is 3.76. The Morgan fingerprint density at radius 3 is 2.25 bits per heavy atom. The molecule has 0 amide bonds. The van der Waals surface area contributed by atoms with Gasteiger partial charge < -0.3 is 19.1 Å². The van der Waals surface area contributed by atoms with E-state index >= 15 is 0 Å². The van der Waals surface area contributed by atoms with Gasteiger partial charge >= 0.3 is 0 Å².